The molecule has 0 radical (unpaired) electrons. The molecule has 0 spiro atoms. The van der Waals surface area contributed by atoms with E-state index < -0.39 is 0 Å². The van der Waals surface area contributed by atoms with Crippen LogP contribution in [-0.4, -0.2) is 6.04 Å². The first-order valence-electron chi connectivity index (χ1n) is 7.13. The molecule has 1 nitrogen and oxygen atoms in total. The topological polar surface area (TPSA) is 12.0 Å². The van der Waals surface area contributed by atoms with Crippen molar-refractivity contribution in [1.29, 1.82) is 0 Å². The molecule has 0 amide bonds. The highest BCUT2D eigenvalue weighted by Crippen LogP contribution is 2.23. The van der Waals surface area contributed by atoms with Gasteiger partial charge in [-0.2, -0.15) is 0 Å². The number of hydrogen-bond donors (Lipinski definition) is 1. The fourth-order valence-electron chi connectivity index (χ4n) is 2.57. The fourth-order valence-corrected chi connectivity index (χ4v) is 3.20. The normalized spacial score (nSPS) is 14.0. The van der Waals surface area contributed by atoms with Gasteiger partial charge in [-0.05, 0) is 49.9 Å². The zero-order valence-corrected chi connectivity index (χ0v) is 13.9. The molecule has 0 heterocycles. The van der Waals surface area contributed by atoms with Gasteiger partial charge in [0.15, 0.2) is 0 Å². The van der Waals surface area contributed by atoms with Crippen LogP contribution in [0.5, 0.6) is 0 Å². The molecule has 2 rings (SSSR count). The van der Waals surface area contributed by atoms with Gasteiger partial charge in [0.2, 0.25) is 0 Å². The molecule has 0 aliphatic heterocycles. The van der Waals surface area contributed by atoms with E-state index >= 15 is 0 Å². The van der Waals surface area contributed by atoms with Crippen molar-refractivity contribution in [2.24, 2.45) is 0 Å². The average molecular weight is 332 g/mol. The Bertz CT molecular complexity index is 565. The van der Waals surface area contributed by atoms with Gasteiger partial charge >= 0.3 is 0 Å². The summed E-state index contributed by atoms with van der Waals surface area (Å²) in [5.74, 6) is 0. The van der Waals surface area contributed by atoms with E-state index in [9.17, 15) is 0 Å². The molecule has 2 heteroatoms. The quantitative estimate of drug-likeness (QED) is 0.809. The van der Waals surface area contributed by atoms with Crippen molar-refractivity contribution in [1.82, 2.24) is 5.32 Å². The minimum atomic E-state index is 0.338. The monoisotopic (exact) mass is 331 g/mol. The van der Waals surface area contributed by atoms with Crippen molar-refractivity contribution in [3.05, 3.63) is 69.7 Å². The van der Waals surface area contributed by atoms with Crippen molar-refractivity contribution in [3.63, 3.8) is 0 Å². The molecule has 0 aliphatic rings. The van der Waals surface area contributed by atoms with Crippen LogP contribution in [0, 0.1) is 6.92 Å². The Morgan fingerprint density at radius 2 is 1.65 bits per heavy atom. The Labute approximate surface area is 130 Å². The molecule has 2 aromatic rings. The largest absolute Gasteiger partial charge is 0.307 e. The summed E-state index contributed by atoms with van der Waals surface area (Å²) in [7, 11) is 0. The number of benzene rings is 2. The highest BCUT2D eigenvalue weighted by atomic mass is 79.9. The van der Waals surface area contributed by atoms with Crippen LogP contribution in [0.15, 0.2) is 53.0 Å². The van der Waals surface area contributed by atoms with E-state index in [1.807, 2.05) is 0 Å². The first-order valence-corrected chi connectivity index (χ1v) is 7.92. The highest BCUT2D eigenvalue weighted by molar-refractivity contribution is 9.10. The molecule has 0 aromatic heterocycles. The van der Waals surface area contributed by atoms with Gasteiger partial charge in [0.25, 0.3) is 0 Å². The minimum Gasteiger partial charge on any atom is -0.307 e. The molecule has 0 saturated heterocycles. The van der Waals surface area contributed by atoms with Crippen LogP contribution in [-0.2, 0) is 6.42 Å². The molecule has 1 N–H and O–H groups in total. The van der Waals surface area contributed by atoms with Crippen molar-refractivity contribution >= 4 is 15.9 Å². The van der Waals surface area contributed by atoms with Crippen LogP contribution in [0.1, 0.15) is 36.6 Å². The lowest BCUT2D eigenvalue weighted by atomic mass is 10.0. The first kappa shape index (κ1) is 15.3. The van der Waals surface area contributed by atoms with Crippen LogP contribution in [0.2, 0.25) is 0 Å². The summed E-state index contributed by atoms with van der Waals surface area (Å²) in [6.07, 6.45) is 1.06. The maximum atomic E-state index is 3.68. The standard InChI is InChI=1S/C18H22BrN/c1-13-8-4-5-9-16(13)12-14(2)20-15(3)17-10-6-7-11-18(17)19/h4-11,14-15,20H,12H2,1-3H3. The van der Waals surface area contributed by atoms with E-state index in [-0.39, 0.29) is 0 Å². The van der Waals surface area contributed by atoms with E-state index in [1.54, 1.807) is 0 Å². The summed E-state index contributed by atoms with van der Waals surface area (Å²) in [4.78, 5) is 0. The van der Waals surface area contributed by atoms with Gasteiger partial charge in [-0.15, -0.1) is 0 Å². The molecule has 20 heavy (non-hydrogen) atoms. The van der Waals surface area contributed by atoms with Crippen LogP contribution in [0.3, 0.4) is 0 Å². The first-order chi connectivity index (χ1) is 9.58. The molecule has 0 saturated carbocycles. The summed E-state index contributed by atoms with van der Waals surface area (Å²) in [6, 6.07) is 17.8. The molecule has 0 bridgehead atoms. The number of hydrogen-bond acceptors (Lipinski definition) is 1. The number of nitrogens with one attached hydrogen (secondary N) is 1. The second-order valence-electron chi connectivity index (χ2n) is 5.44. The van der Waals surface area contributed by atoms with Gasteiger partial charge in [-0.25, -0.2) is 0 Å². The number of halogens is 1. The Kier molecular flexibility index (Phi) is 5.38. The summed E-state index contributed by atoms with van der Waals surface area (Å²) >= 11 is 3.63. The minimum absolute atomic E-state index is 0.338. The average Bonchev–Trinajstić information content (AvgIpc) is 2.41. The van der Waals surface area contributed by atoms with Crippen LogP contribution in [0.4, 0.5) is 0 Å². The van der Waals surface area contributed by atoms with E-state index in [1.165, 1.54) is 21.2 Å². The number of aryl methyl sites for hydroxylation is 1. The van der Waals surface area contributed by atoms with Gasteiger partial charge in [0.1, 0.15) is 0 Å². The maximum Gasteiger partial charge on any atom is 0.0305 e. The summed E-state index contributed by atoms with van der Waals surface area (Å²) in [6.45, 7) is 6.65. The van der Waals surface area contributed by atoms with Crippen molar-refractivity contribution in [3.8, 4) is 0 Å². The maximum absolute atomic E-state index is 3.68. The Balaban J connectivity index is 2.00. The van der Waals surface area contributed by atoms with E-state index in [0.29, 0.717) is 12.1 Å². The summed E-state index contributed by atoms with van der Waals surface area (Å²) in [5, 5.41) is 3.68. The second-order valence-corrected chi connectivity index (χ2v) is 6.30. The van der Waals surface area contributed by atoms with Crippen LogP contribution >= 0.6 is 15.9 Å². The zero-order chi connectivity index (χ0) is 14.5. The lowest BCUT2D eigenvalue weighted by Crippen LogP contribution is -2.31. The third-order valence-corrected chi connectivity index (χ3v) is 4.42. The molecule has 2 aromatic carbocycles. The van der Waals surface area contributed by atoms with E-state index in [2.05, 4.69) is 90.5 Å². The van der Waals surface area contributed by atoms with Crippen molar-refractivity contribution in [2.45, 2.75) is 39.3 Å². The highest BCUT2D eigenvalue weighted by Gasteiger charge is 2.12. The third-order valence-electron chi connectivity index (χ3n) is 3.69. The predicted molar refractivity (Wildman–Crippen MR) is 90.0 cm³/mol. The number of rotatable bonds is 5. The SMILES string of the molecule is Cc1ccccc1CC(C)NC(C)c1ccccc1Br. The lowest BCUT2D eigenvalue weighted by molar-refractivity contribution is 0.475. The second kappa shape index (κ2) is 7.05. The van der Waals surface area contributed by atoms with Gasteiger partial charge in [0, 0.05) is 16.6 Å². The Morgan fingerprint density at radius 1 is 1.00 bits per heavy atom. The predicted octanol–water partition coefficient (Wildman–Crippen LogP) is 5.04. The molecule has 2 unspecified atom stereocenters. The molecule has 0 aliphatic carbocycles. The summed E-state index contributed by atoms with van der Waals surface area (Å²) in [5.41, 5.74) is 4.10. The Hall–Kier alpha value is -1.12. The van der Waals surface area contributed by atoms with Crippen LogP contribution < -0.4 is 5.32 Å². The smallest absolute Gasteiger partial charge is 0.0305 e. The van der Waals surface area contributed by atoms with E-state index in [4.69, 9.17) is 0 Å². The van der Waals surface area contributed by atoms with Gasteiger partial charge in [0.05, 0.1) is 0 Å². The van der Waals surface area contributed by atoms with Gasteiger partial charge in [-0.1, -0.05) is 58.4 Å². The lowest BCUT2D eigenvalue weighted by Gasteiger charge is -2.22. The molecule has 106 valence electrons. The molecular weight excluding hydrogens is 310 g/mol. The van der Waals surface area contributed by atoms with Gasteiger partial charge < -0.3 is 5.32 Å². The van der Waals surface area contributed by atoms with Crippen molar-refractivity contribution in [2.75, 3.05) is 0 Å². The Morgan fingerprint density at radius 3 is 2.35 bits per heavy atom. The molecular formula is C18H22BrN. The fraction of sp³-hybridized carbons (Fsp3) is 0.333. The summed E-state index contributed by atoms with van der Waals surface area (Å²) < 4.78 is 1.17. The van der Waals surface area contributed by atoms with Crippen molar-refractivity contribution < 1.29 is 0 Å². The third kappa shape index (κ3) is 3.94. The molecule has 2 atom stereocenters. The zero-order valence-electron chi connectivity index (χ0n) is 12.4. The van der Waals surface area contributed by atoms with Crippen LogP contribution in [0.25, 0.3) is 0 Å². The van der Waals surface area contributed by atoms with Gasteiger partial charge in [-0.3, -0.25) is 0 Å². The molecule has 0 fully saturated rings. The van der Waals surface area contributed by atoms with E-state index in [0.717, 1.165) is 6.42 Å².